The van der Waals surface area contributed by atoms with E-state index in [2.05, 4.69) is 24.1 Å². The minimum Gasteiger partial charge on any atom is -0.399 e. The molecule has 4 nitrogen and oxygen atoms in total. The lowest BCUT2D eigenvalue weighted by Gasteiger charge is -2.27. The van der Waals surface area contributed by atoms with Crippen molar-refractivity contribution in [2.24, 2.45) is 0 Å². The first-order chi connectivity index (χ1) is 10.1. The van der Waals surface area contributed by atoms with Gasteiger partial charge in [0.2, 0.25) is 5.91 Å². The van der Waals surface area contributed by atoms with Crippen molar-refractivity contribution >= 4 is 17.3 Å². The van der Waals surface area contributed by atoms with Gasteiger partial charge in [-0.15, -0.1) is 0 Å². The van der Waals surface area contributed by atoms with Crippen LogP contribution in [0.2, 0.25) is 0 Å². The SMILES string of the molecule is CCC1CCC(C)N1CCCC(=O)Nc1cccc(N)c1. The Balaban J connectivity index is 1.74. The molecule has 0 radical (unpaired) electrons. The molecular weight excluding hydrogens is 262 g/mol. The van der Waals surface area contributed by atoms with E-state index < -0.39 is 0 Å². The van der Waals surface area contributed by atoms with Crippen molar-refractivity contribution in [2.75, 3.05) is 17.6 Å². The smallest absolute Gasteiger partial charge is 0.224 e. The minimum absolute atomic E-state index is 0.0699. The van der Waals surface area contributed by atoms with Gasteiger partial charge in [-0.2, -0.15) is 0 Å². The van der Waals surface area contributed by atoms with Gasteiger partial charge < -0.3 is 11.1 Å². The van der Waals surface area contributed by atoms with Crippen LogP contribution in [0.3, 0.4) is 0 Å². The monoisotopic (exact) mass is 289 g/mol. The third-order valence-electron chi connectivity index (χ3n) is 4.41. The highest BCUT2D eigenvalue weighted by molar-refractivity contribution is 5.91. The fraction of sp³-hybridized carbons (Fsp3) is 0.588. The molecule has 1 aliphatic rings. The number of rotatable bonds is 6. The lowest BCUT2D eigenvalue weighted by atomic mass is 10.1. The summed E-state index contributed by atoms with van der Waals surface area (Å²) in [7, 11) is 0. The van der Waals surface area contributed by atoms with Gasteiger partial charge in [-0.25, -0.2) is 0 Å². The predicted molar refractivity (Wildman–Crippen MR) is 88.2 cm³/mol. The summed E-state index contributed by atoms with van der Waals surface area (Å²) < 4.78 is 0. The molecule has 0 aromatic heterocycles. The van der Waals surface area contributed by atoms with Gasteiger partial charge in [0.15, 0.2) is 0 Å². The topological polar surface area (TPSA) is 58.4 Å². The van der Waals surface area contributed by atoms with Gasteiger partial charge in [-0.1, -0.05) is 13.0 Å². The number of nitrogen functional groups attached to an aromatic ring is 1. The minimum atomic E-state index is 0.0699. The Morgan fingerprint density at radius 1 is 1.43 bits per heavy atom. The van der Waals surface area contributed by atoms with Crippen molar-refractivity contribution in [3.05, 3.63) is 24.3 Å². The number of nitrogens with zero attached hydrogens (tertiary/aromatic N) is 1. The molecule has 1 aromatic rings. The van der Waals surface area contributed by atoms with Crippen molar-refractivity contribution < 1.29 is 4.79 Å². The first kappa shape index (κ1) is 15.8. The van der Waals surface area contributed by atoms with Gasteiger partial charge in [0.25, 0.3) is 0 Å². The Labute approximate surface area is 127 Å². The van der Waals surface area contributed by atoms with Gasteiger partial charge in [0.05, 0.1) is 0 Å². The zero-order chi connectivity index (χ0) is 15.2. The van der Waals surface area contributed by atoms with Crippen molar-refractivity contribution in [1.82, 2.24) is 4.90 Å². The average molecular weight is 289 g/mol. The quantitative estimate of drug-likeness (QED) is 0.790. The number of hydrogen-bond acceptors (Lipinski definition) is 3. The molecule has 0 bridgehead atoms. The van der Waals surface area contributed by atoms with E-state index in [1.54, 1.807) is 6.07 Å². The first-order valence-corrected chi connectivity index (χ1v) is 8.01. The Bertz CT molecular complexity index is 475. The zero-order valence-corrected chi connectivity index (χ0v) is 13.1. The third-order valence-corrected chi connectivity index (χ3v) is 4.41. The number of anilines is 2. The van der Waals surface area contributed by atoms with Crippen LogP contribution in [0.15, 0.2) is 24.3 Å². The molecule has 116 valence electrons. The van der Waals surface area contributed by atoms with Crippen LogP contribution in [0.1, 0.15) is 46.0 Å². The lowest BCUT2D eigenvalue weighted by molar-refractivity contribution is -0.116. The van der Waals surface area contributed by atoms with E-state index in [9.17, 15) is 4.79 Å². The van der Waals surface area contributed by atoms with Crippen LogP contribution in [0.4, 0.5) is 11.4 Å². The van der Waals surface area contributed by atoms with Crippen LogP contribution >= 0.6 is 0 Å². The number of likely N-dealkylation sites (tertiary alicyclic amines) is 1. The highest BCUT2D eigenvalue weighted by Crippen LogP contribution is 2.26. The van der Waals surface area contributed by atoms with Gasteiger partial charge in [-0.05, 0) is 57.4 Å². The maximum atomic E-state index is 12.0. The van der Waals surface area contributed by atoms with Crippen LogP contribution in [-0.4, -0.2) is 29.4 Å². The van der Waals surface area contributed by atoms with Crippen LogP contribution in [0.25, 0.3) is 0 Å². The molecule has 1 aliphatic heterocycles. The van der Waals surface area contributed by atoms with E-state index in [-0.39, 0.29) is 5.91 Å². The highest BCUT2D eigenvalue weighted by atomic mass is 16.1. The fourth-order valence-electron chi connectivity index (χ4n) is 3.23. The second kappa shape index (κ2) is 7.46. The normalized spacial score (nSPS) is 22.4. The molecule has 1 aromatic carbocycles. The van der Waals surface area contributed by atoms with E-state index in [1.807, 2.05) is 18.2 Å². The molecule has 1 heterocycles. The summed E-state index contributed by atoms with van der Waals surface area (Å²) in [6, 6.07) is 8.68. The molecule has 1 saturated heterocycles. The van der Waals surface area contributed by atoms with Crippen molar-refractivity contribution in [3.63, 3.8) is 0 Å². The zero-order valence-electron chi connectivity index (χ0n) is 13.1. The maximum absolute atomic E-state index is 12.0. The van der Waals surface area contributed by atoms with Crippen LogP contribution in [0, 0.1) is 0 Å². The van der Waals surface area contributed by atoms with Crippen molar-refractivity contribution in [2.45, 2.75) is 58.0 Å². The number of carbonyl (C=O) groups excluding carboxylic acids is 1. The van der Waals surface area contributed by atoms with E-state index in [0.717, 1.165) is 18.7 Å². The van der Waals surface area contributed by atoms with E-state index in [0.29, 0.717) is 24.2 Å². The van der Waals surface area contributed by atoms with Gasteiger partial charge >= 0.3 is 0 Å². The number of carbonyl (C=O) groups is 1. The second-order valence-corrected chi connectivity index (χ2v) is 6.00. The van der Waals surface area contributed by atoms with Gasteiger partial charge in [-0.3, -0.25) is 9.69 Å². The Morgan fingerprint density at radius 2 is 2.24 bits per heavy atom. The van der Waals surface area contributed by atoms with Crippen LogP contribution < -0.4 is 11.1 Å². The molecule has 0 aliphatic carbocycles. The molecule has 0 spiro atoms. The fourth-order valence-corrected chi connectivity index (χ4v) is 3.23. The largest absolute Gasteiger partial charge is 0.399 e. The second-order valence-electron chi connectivity index (χ2n) is 6.00. The van der Waals surface area contributed by atoms with Gasteiger partial charge in [0, 0.05) is 29.9 Å². The molecule has 2 unspecified atom stereocenters. The molecule has 1 fully saturated rings. The molecule has 1 amide bonds. The number of benzene rings is 1. The summed E-state index contributed by atoms with van der Waals surface area (Å²) in [4.78, 5) is 14.5. The molecule has 0 saturated carbocycles. The number of amides is 1. The van der Waals surface area contributed by atoms with Crippen LogP contribution in [-0.2, 0) is 4.79 Å². The molecule has 2 rings (SSSR count). The average Bonchev–Trinajstić information content (AvgIpc) is 2.80. The number of nitrogens with two attached hydrogens (primary N) is 1. The van der Waals surface area contributed by atoms with E-state index in [1.165, 1.54) is 19.3 Å². The Morgan fingerprint density at radius 3 is 2.95 bits per heavy atom. The maximum Gasteiger partial charge on any atom is 0.224 e. The molecule has 4 heteroatoms. The highest BCUT2D eigenvalue weighted by Gasteiger charge is 2.28. The standard InChI is InChI=1S/C17H27N3O/c1-3-16-10-9-13(2)20(16)11-5-8-17(21)19-15-7-4-6-14(18)12-15/h4,6-7,12-13,16H,3,5,8-11,18H2,1-2H3,(H,19,21). The first-order valence-electron chi connectivity index (χ1n) is 8.01. The van der Waals surface area contributed by atoms with Crippen molar-refractivity contribution in [1.29, 1.82) is 0 Å². The molecule has 3 N–H and O–H groups in total. The summed E-state index contributed by atoms with van der Waals surface area (Å²) in [6.45, 7) is 5.56. The van der Waals surface area contributed by atoms with Crippen LogP contribution in [0.5, 0.6) is 0 Å². The lowest BCUT2D eigenvalue weighted by Crippen LogP contribution is -2.35. The molecular formula is C17H27N3O. The third kappa shape index (κ3) is 4.46. The van der Waals surface area contributed by atoms with E-state index in [4.69, 9.17) is 5.73 Å². The predicted octanol–water partition coefficient (Wildman–Crippen LogP) is 3.25. The summed E-state index contributed by atoms with van der Waals surface area (Å²) in [5.74, 6) is 0.0699. The van der Waals surface area contributed by atoms with Crippen molar-refractivity contribution in [3.8, 4) is 0 Å². The summed E-state index contributed by atoms with van der Waals surface area (Å²) in [5.41, 5.74) is 7.15. The summed E-state index contributed by atoms with van der Waals surface area (Å²) in [5, 5.41) is 2.91. The Hall–Kier alpha value is -1.55. The molecule has 21 heavy (non-hydrogen) atoms. The summed E-state index contributed by atoms with van der Waals surface area (Å²) in [6.07, 6.45) is 5.27. The van der Waals surface area contributed by atoms with Gasteiger partial charge in [0.1, 0.15) is 0 Å². The summed E-state index contributed by atoms with van der Waals surface area (Å²) >= 11 is 0. The van der Waals surface area contributed by atoms with E-state index >= 15 is 0 Å². The number of hydrogen-bond donors (Lipinski definition) is 2. The molecule has 2 atom stereocenters. The number of nitrogens with one attached hydrogen (secondary N) is 1. The Kier molecular flexibility index (Phi) is 5.62.